The van der Waals surface area contributed by atoms with Crippen molar-refractivity contribution in [1.29, 1.82) is 0 Å². The van der Waals surface area contributed by atoms with Crippen LogP contribution in [0.4, 0.5) is 0 Å². The molecule has 0 aromatic carbocycles. The second-order valence-corrected chi connectivity index (χ2v) is 6.22. The summed E-state index contributed by atoms with van der Waals surface area (Å²) in [6, 6.07) is 0. The molecule has 0 aliphatic heterocycles. The molecule has 0 spiro atoms. The van der Waals surface area contributed by atoms with Crippen molar-refractivity contribution in [3.8, 4) is 0 Å². The molecule has 0 heterocycles. The van der Waals surface area contributed by atoms with Crippen molar-refractivity contribution in [2.45, 2.75) is 18.9 Å². The number of carbonyl (C=O) groups excluding carboxylic acids is 1. The number of ketones is 1. The van der Waals surface area contributed by atoms with E-state index in [1.165, 1.54) is 12.8 Å². The van der Waals surface area contributed by atoms with Gasteiger partial charge in [-0.15, -0.1) is 0 Å². The van der Waals surface area contributed by atoms with Crippen molar-refractivity contribution in [3.63, 3.8) is 0 Å². The maximum Gasteiger partial charge on any atom is 0.140 e. The summed E-state index contributed by atoms with van der Waals surface area (Å²) in [5.74, 6) is 5.06. The number of hydrogen-bond donors (Lipinski definition) is 1. The molecule has 5 rings (SSSR count). The highest BCUT2D eigenvalue weighted by atomic mass is 16.3. The molecule has 74 valence electrons. The molecule has 0 unspecified atom stereocenters. The Kier molecular flexibility index (Phi) is 0.853. The number of aliphatic hydroxyl groups is 1. The molecule has 0 aromatic heterocycles. The number of fused-ring (bicyclic) bond motifs is 5. The second kappa shape index (κ2) is 1.71. The summed E-state index contributed by atoms with van der Waals surface area (Å²) < 4.78 is 0. The minimum Gasteiger partial charge on any atom is -0.393 e. The first-order chi connectivity index (χ1) is 6.79. The van der Waals surface area contributed by atoms with Crippen molar-refractivity contribution >= 4 is 5.78 Å². The van der Waals surface area contributed by atoms with Gasteiger partial charge in [0.25, 0.3) is 0 Å². The Morgan fingerprint density at radius 1 is 1.00 bits per heavy atom. The van der Waals surface area contributed by atoms with Crippen LogP contribution in [0.2, 0.25) is 0 Å². The summed E-state index contributed by atoms with van der Waals surface area (Å²) in [5.41, 5.74) is 0. The van der Waals surface area contributed by atoms with E-state index in [2.05, 4.69) is 0 Å². The van der Waals surface area contributed by atoms with Crippen LogP contribution in [0.15, 0.2) is 0 Å². The first kappa shape index (κ1) is 7.00. The van der Waals surface area contributed by atoms with Gasteiger partial charge < -0.3 is 5.11 Å². The third-order valence-corrected chi connectivity index (χ3v) is 6.36. The predicted octanol–water partition coefficient (Wildman–Crippen LogP) is 0.694. The third kappa shape index (κ3) is 0.425. The minimum atomic E-state index is -0.106. The molecular weight excluding hydrogens is 176 g/mol. The molecule has 5 saturated carbocycles. The second-order valence-electron chi connectivity index (χ2n) is 6.22. The van der Waals surface area contributed by atoms with Crippen LogP contribution >= 0.6 is 0 Å². The molecule has 5 fully saturated rings. The van der Waals surface area contributed by atoms with Gasteiger partial charge in [0.05, 0.1) is 6.10 Å². The van der Waals surface area contributed by atoms with Gasteiger partial charge >= 0.3 is 0 Å². The monoisotopic (exact) mass is 190 g/mol. The van der Waals surface area contributed by atoms with E-state index in [0.717, 1.165) is 11.8 Å². The van der Waals surface area contributed by atoms with Crippen LogP contribution in [0, 0.1) is 47.3 Å². The smallest absolute Gasteiger partial charge is 0.140 e. The standard InChI is InChI=1S/C12H14O2/c13-11-5-1-3-7-4-2-6(8(5)7)12(14)10(4)9(3)11/h3-11,13H,1-2H2/t3-,4+,5+,6-,7+,8-,9+,10-,11+/m1/s1. The first-order valence-electron chi connectivity index (χ1n) is 6.01. The number of hydrogen-bond acceptors (Lipinski definition) is 2. The lowest BCUT2D eigenvalue weighted by molar-refractivity contribution is -0.127. The molecule has 0 amide bonds. The summed E-state index contributed by atoms with van der Waals surface area (Å²) in [6.07, 6.45) is 2.33. The average molecular weight is 190 g/mol. The highest BCUT2D eigenvalue weighted by Crippen LogP contribution is 2.77. The molecular formula is C12H14O2. The molecule has 2 heteroatoms. The van der Waals surface area contributed by atoms with E-state index < -0.39 is 0 Å². The van der Waals surface area contributed by atoms with Crippen molar-refractivity contribution in [1.82, 2.24) is 0 Å². The number of rotatable bonds is 0. The van der Waals surface area contributed by atoms with E-state index in [4.69, 9.17) is 0 Å². The molecule has 2 nitrogen and oxygen atoms in total. The maximum absolute atomic E-state index is 12.1. The van der Waals surface area contributed by atoms with Gasteiger partial charge in [-0.2, -0.15) is 0 Å². The van der Waals surface area contributed by atoms with E-state index in [9.17, 15) is 9.90 Å². The maximum atomic E-state index is 12.1. The lowest BCUT2D eigenvalue weighted by Gasteiger charge is -2.29. The Labute approximate surface area is 82.7 Å². The summed E-state index contributed by atoms with van der Waals surface area (Å²) in [6.45, 7) is 0. The van der Waals surface area contributed by atoms with E-state index in [0.29, 0.717) is 41.3 Å². The zero-order chi connectivity index (χ0) is 9.19. The van der Waals surface area contributed by atoms with Gasteiger partial charge in [0.2, 0.25) is 0 Å². The predicted molar refractivity (Wildman–Crippen MR) is 48.2 cm³/mol. The highest BCUT2D eigenvalue weighted by Gasteiger charge is 2.78. The van der Waals surface area contributed by atoms with Crippen molar-refractivity contribution in [2.75, 3.05) is 0 Å². The average Bonchev–Trinajstić information content (AvgIpc) is 2.79. The largest absolute Gasteiger partial charge is 0.393 e. The lowest BCUT2D eigenvalue weighted by Crippen LogP contribution is -2.33. The fourth-order valence-corrected chi connectivity index (χ4v) is 6.40. The summed E-state index contributed by atoms with van der Waals surface area (Å²) in [7, 11) is 0. The fourth-order valence-electron chi connectivity index (χ4n) is 6.40. The van der Waals surface area contributed by atoms with E-state index >= 15 is 0 Å². The van der Waals surface area contributed by atoms with Crippen LogP contribution in [-0.2, 0) is 4.79 Å². The van der Waals surface area contributed by atoms with Gasteiger partial charge in [-0.3, -0.25) is 4.79 Å². The van der Waals surface area contributed by atoms with E-state index in [-0.39, 0.29) is 6.10 Å². The number of Topliss-reactive ketones (excluding diaryl/α,β-unsaturated/α-hetero) is 1. The van der Waals surface area contributed by atoms with E-state index in [1.807, 2.05) is 0 Å². The van der Waals surface area contributed by atoms with Crippen LogP contribution < -0.4 is 0 Å². The Bertz CT molecular complexity index is 361. The van der Waals surface area contributed by atoms with Gasteiger partial charge in [-0.1, -0.05) is 0 Å². The van der Waals surface area contributed by atoms with Gasteiger partial charge in [-0.05, 0) is 48.3 Å². The van der Waals surface area contributed by atoms with Gasteiger partial charge in [-0.25, -0.2) is 0 Å². The topological polar surface area (TPSA) is 37.3 Å². The molecule has 14 heavy (non-hydrogen) atoms. The van der Waals surface area contributed by atoms with Crippen LogP contribution in [0.3, 0.4) is 0 Å². The molecule has 0 saturated heterocycles. The van der Waals surface area contributed by atoms with Crippen LogP contribution in [0.1, 0.15) is 12.8 Å². The van der Waals surface area contributed by atoms with Crippen molar-refractivity contribution < 1.29 is 9.90 Å². The molecule has 9 atom stereocenters. The number of aliphatic hydroxyl groups excluding tert-OH is 1. The first-order valence-corrected chi connectivity index (χ1v) is 6.01. The zero-order valence-corrected chi connectivity index (χ0v) is 7.97. The van der Waals surface area contributed by atoms with Crippen LogP contribution in [0.25, 0.3) is 0 Å². The van der Waals surface area contributed by atoms with Gasteiger partial charge in [0.15, 0.2) is 0 Å². The van der Waals surface area contributed by atoms with Crippen LogP contribution in [0.5, 0.6) is 0 Å². The molecule has 0 radical (unpaired) electrons. The molecule has 0 aromatic rings. The zero-order valence-electron chi connectivity index (χ0n) is 7.97. The molecule has 5 aliphatic rings. The SMILES string of the molecule is O=C1[C@@H]2[C@H]3C[C@@H]1[C@H]1[C@@H]4C[C@H]([C@@H]31)[C@@H]2[C@H]4O. The third-order valence-electron chi connectivity index (χ3n) is 6.36. The lowest BCUT2D eigenvalue weighted by atomic mass is 9.76. The van der Waals surface area contributed by atoms with Gasteiger partial charge in [0.1, 0.15) is 5.78 Å². The molecule has 5 aliphatic carbocycles. The van der Waals surface area contributed by atoms with E-state index in [1.54, 1.807) is 0 Å². The highest BCUT2D eigenvalue weighted by molar-refractivity contribution is 5.89. The fraction of sp³-hybridized carbons (Fsp3) is 0.917. The Hall–Kier alpha value is -0.370. The normalized spacial score (nSPS) is 75.8. The summed E-state index contributed by atoms with van der Waals surface area (Å²) in [5, 5.41) is 10.2. The Balaban J connectivity index is 1.84. The number of carbonyl (C=O) groups is 1. The Morgan fingerprint density at radius 3 is 2.71 bits per heavy atom. The molecule has 4 bridgehead atoms. The van der Waals surface area contributed by atoms with Crippen molar-refractivity contribution in [2.24, 2.45) is 47.3 Å². The summed E-state index contributed by atoms with van der Waals surface area (Å²) in [4.78, 5) is 12.1. The van der Waals surface area contributed by atoms with Gasteiger partial charge in [0, 0.05) is 11.8 Å². The van der Waals surface area contributed by atoms with Crippen molar-refractivity contribution in [3.05, 3.63) is 0 Å². The van der Waals surface area contributed by atoms with Crippen LogP contribution in [-0.4, -0.2) is 17.0 Å². The summed E-state index contributed by atoms with van der Waals surface area (Å²) >= 11 is 0. The quantitative estimate of drug-likeness (QED) is 0.610. The minimum absolute atomic E-state index is 0.106. The Morgan fingerprint density at radius 2 is 1.86 bits per heavy atom. The molecule has 1 N–H and O–H groups in total.